The van der Waals surface area contributed by atoms with Crippen LogP contribution >= 0.6 is 0 Å². The number of benzene rings is 9. The summed E-state index contributed by atoms with van der Waals surface area (Å²) in [7, 11) is 0. The Morgan fingerprint density at radius 3 is 1.30 bits per heavy atom. The minimum absolute atomic E-state index is 0.0386. The van der Waals surface area contributed by atoms with Crippen molar-refractivity contribution in [1.82, 2.24) is 0 Å². The summed E-state index contributed by atoms with van der Waals surface area (Å²) in [6.45, 7) is 16.4. The van der Waals surface area contributed by atoms with Gasteiger partial charge >= 0.3 is 0 Å². The van der Waals surface area contributed by atoms with Crippen LogP contribution in [0.2, 0.25) is 0 Å². The van der Waals surface area contributed by atoms with Gasteiger partial charge in [-0.1, -0.05) is 206 Å². The summed E-state index contributed by atoms with van der Waals surface area (Å²) < 4.78 is 0. The summed E-state index contributed by atoms with van der Waals surface area (Å²) in [5, 5.41) is 0. The van der Waals surface area contributed by atoms with Crippen molar-refractivity contribution in [2.24, 2.45) is 0 Å². The minimum Gasteiger partial charge on any atom is -0.310 e. The van der Waals surface area contributed by atoms with Crippen molar-refractivity contribution in [2.45, 2.75) is 70.1 Å². The predicted molar refractivity (Wildman–Crippen MR) is 278 cm³/mol. The lowest BCUT2D eigenvalue weighted by molar-refractivity contribution is 0.590. The zero-order chi connectivity index (χ0) is 45.2. The predicted octanol–water partition coefficient (Wildman–Crippen LogP) is 17.1. The molecule has 1 heteroatoms. The van der Waals surface area contributed by atoms with Crippen molar-refractivity contribution in [3.05, 3.63) is 256 Å². The molecule has 0 bridgehead atoms. The van der Waals surface area contributed by atoms with E-state index < -0.39 is 5.41 Å². The zero-order valence-electron chi connectivity index (χ0n) is 39.1. The fraction of sp³-hybridized carbons (Fsp3) is 0.169. The maximum atomic E-state index is 2.51. The highest BCUT2D eigenvalue weighted by Gasteiger charge is 2.47. The summed E-state index contributed by atoms with van der Waals surface area (Å²) in [5.41, 5.74) is 25.1. The molecular weight excluding hydrogens is 795 g/mol. The Kier molecular flexibility index (Phi) is 8.79. The summed E-state index contributed by atoms with van der Waals surface area (Å²) in [6, 6.07) is 78.4. The van der Waals surface area contributed by atoms with Gasteiger partial charge in [-0.3, -0.25) is 0 Å². The van der Waals surface area contributed by atoms with Gasteiger partial charge in [0.25, 0.3) is 0 Å². The van der Waals surface area contributed by atoms with E-state index >= 15 is 0 Å². The zero-order valence-corrected chi connectivity index (χ0v) is 39.1. The van der Waals surface area contributed by atoms with E-state index in [2.05, 4.69) is 260 Å². The molecule has 9 aromatic rings. The van der Waals surface area contributed by atoms with Gasteiger partial charge in [0.2, 0.25) is 0 Å². The molecule has 66 heavy (non-hydrogen) atoms. The molecule has 0 saturated carbocycles. The van der Waals surface area contributed by atoms with E-state index in [4.69, 9.17) is 0 Å². The van der Waals surface area contributed by atoms with Crippen molar-refractivity contribution >= 4 is 17.1 Å². The van der Waals surface area contributed by atoms with Crippen LogP contribution < -0.4 is 4.90 Å². The summed E-state index contributed by atoms with van der Waals surface area (Å²) in [6.07, 6.45) is 0. The fourth-order valence-electron chi connectivity index (χ4n) is 12.1. The number of anilines is 3. The number of nitrogens with zero attached hydrogens (tertiary/aromatic N) is 1. The van der Waals surface area contributed by atoms with E-state index in [9.17, 15) is 0 Å². The normalized spacial score (nSPS) is 15.3. The van der Waals surface area contributed by atoms with Crippen molar-refractivity contribution in [3.8, 4) is 44.5 Å². The lowest BCUT2D eigenvalue weighted by atomic mass is 9.67. The van der Waals surface area contributed by atoms with E-state index in [0.29, 0.717) is 0 Å². The van der Waals surface area contributed by atoms with Gasteiger partial charge < -0.3 is 4.90 Å². The topological polar surface area (TPSA) is 3.24 Å². The van der Waals surface area contributed by atoms with Crippen LogP contribution in [0.25, 0.3) is 44.5 Å². The second-order valence-electron chi connectivity index (χ2n) is 20.9. The standard InChI is InChI=1S/C65H55N/c1-62(2,3)44-28-30-47(31-29-44)66(48-32-35-53-51-23-15-17-25-57(51)64(6,7)60(53)40-48)49-33-36-54-55-38-42(43-26-34-52-50-22-14-16-24-56(50)63(4,5)59(52)39-43)27-37-58(55)65(61(54)41-49,45-18-10-8-11-19-45)46-20-12-9-13-21-46/h8-41H,1-7H3. The average Bonchev–Trinajstić information content (AvgIpc) is 3.86. The van der Waals surface area contributed by atoms with Crippen LogP contribution in [0, 0.1) is 0 Å². The van der Waals surface area contributed by atoms with Crippen LogP contribution in [0.5, 0.6) is 0 Å². The smallest absolute Gasteiger partial charge is 0.0714 e. The highest BCUT2D eigenvalue weighted by molar-refractivity contribution is 5.93. The summed E-state index contributed by atoms with van der Waals surface area (Å²) in [4.78, 5) is 2.49. The monoisotopic (exact) mass is 849 g/mol. The van der Waals surface area contributed by atoms with E-state index in [1.54, 1.807) is 0 Å². The first kappa shape index (κ1) is 40.3. The molecule has 0 saturated heterocycles. The molecule has 0 spiro atoms. The Bertz CT molecular complexity index is 3340. The van der Waals surface area contributed by atoms with Crippen LogP contribution in [0.1, 0.15) is 98.5 Å². The van der Waals surface area contributed by atoms with Crippen molar-refractivity contribution in [1.29, 1.82) is 0 Å². The van der Waals surface area contributed by atoms with Gasteiger partial charge in [-0.25, -0.2) is 0 Å². The van der Waals surface area contributed by atoms with Crippen LogP contribution in [0.15, 0.2) is 206 Å². The number of hydrogen-bond donors (Lipinski definition) is 0. The molecule has 0 fully saturated rings. The summed E-state index contributed by atoms with van der Waals surface area (Å²) in [5.74, 6) is 0. The fourth-order valence-corrected chi connectivity index (χ4v) is 12.1. The molecular formula is C65H55N. The molecule has 0 heterocycles. The van der Waals surface area contributed by atoms with Crippen molar-refractivity contribution < 1.29 is 0 Å². The van der Waals surface area contributed by atoms with E-state index in [1.165, 1.54) is 94.6 Å². The van der Waals surface area contributed by atoms with Gasteiger partial charge in [-0.15, -0.1) is 0 Å². The molecule has 320 valence electrons. The van der Waals surface area contributed by atoms with Gasteiger partial charge in [0.05, 0.1) is 5.41 Å². The third-order valence-corrected chi connectivity index (χ3v) is 15.5. The van der Waals surface area contributed by atoms with Crippen molar-refractivity contribution in [3.63, 3.8) is 0 Å². The molecule has 0 atom stereocenters. The van der Waals surface area contributed by atoms with E-state index in [-0.39, 0.29) is 16.2 Å². The van der Waals surface area contributed by atoms with E-state index in [1.807, 2.05) is 0 Å². The highest BCUT2D eigenvalue weighted by Crippen LogP contribution is 2.59. The Hall–Kier alpha value is -7.22. The molecule has 9 aromatic carbocycles. The third kappa shape index (κ3) is 5.78. The first-order valence-corrected chi connectivity index (χ1v) is 23.7. The van der Waals surface area contributed by atoms with Gasteiger partial charge in [0.1, 0.15) is 0 Å². The summed E-state index contributed by atoms with van der Waals surface area (Å²) >= 11 is 0. The molecule has 0 radical (unpaired) electrons. The maximum absolute atomic E-state index is 2.51. The number of hydrogen-bond acceptors (Lipinski definition) is 1. The Morgan fingerprint density at radius 1 is 0.318 bits per heavy atom. The van der Waals surface area contributed by atoms with Crippen LogP contribution in [-0.4, -0.2) is 0 Å². The second-order valence-corrected chi connectivity index (χ2v) is 20.9. The molecule has 12 rings (SSSR count). The molecule has 0 N–H and O–H groups in total. The second kappa shape index (κ2) is 14.4. The molecule has 0 aromatic heterocycles. The maximum Gasteiger partial charge on any atom is 0.0714 e. The molecule has 3 aliphatic carbocycles. The Morgan fingerprint density at radius 2 is 0.742 bits per heavy atom. The third-order valence-electron chi connectivity index (χ3n) is 15.5. The van der Waals surface area contributed by atoms with Crippen LogP contribution in [-0.2, 0) is 21.7 Å². The van der Waals surface area contributed by atoms with Crippen LogP contribution in [0.4, 0.5) is 17.1 Å². The minimum atomic E-state index is -0.563. The van der Waals surface area contributed by atoms with Crippen molar-refractivity contribution in [2.75, 3.05) is 4.90 Å². The first-order valence-electron chi connectivity index (χ1n) is 23.7. The lowest BCUT2D eigenvalue weighted by Gasteiger charge is -2.35. The quantitative estimate of drug-likeness (QED) is 0.161. The average molecular weight is 850 g/mol. The number of fused-ring (bicyclic) bond motifs is 9. The SMILES string of the molecule is CC(C)(C)c1ccc(N(c2ccc3c(c2)C(C)(C)c2ccccc2-3)c2ccc3c(c2)C(c2ccccc2)(c2ccccc2)c2ccc(-c4ccc5c(c4)C(C)(C)c4ccccc4-5)cc2-3)cc1. The largest absolute Gasteiger partial charge is 0.310 e. The molecule has 3 aliphatic rings. The van der Waals surface area contributed by atoms with Gasteiger partial charge in [0, 0.05) is 27.9 Å². The molecule has 0 unspecified atom stereocenters. The van der Waals surface area contributed by atoms with Gasteiger partial charge in [-0.05, 0) is 149 Å². The molecule has 1 nitrogen and oxygen atoms in total. The first-order chi connectivity index (χ1) is 31.9. The molecule has 0 amide bonds. The van der Waals surface area contributed by atoms with Gasteiger partial charge in [0.15, 0.2) is 0 Å². The Balaban J connectivity index is 1.08. The van der Waals surface area contributed by atoms with E-state index in [0.717, 1.165) is 17.1 Å². The lowest BCUT2D eigenvalue weighted by Crippen LogP contribution is -2.28. The number of rotatable bonds is 6. The highest BCUT2D eigenvalue weighted by atomic mass is 15.1. The Labute approximate surface area is 391 Å². The van der Waals surface area contributed by atoms with Crippen LogP contribution in [0.3, 0.4) is 0 Å². The molecule has 0 aliphatic heterocycles. The van der Waals surface area contributed by atoms with Gasteiger partial charge in [-0.2, -0.15) is 0 Å².